The molecular weight excluding hydrogens is 250 g/mol. The zero-order chi connectivity index (χ0) is 14.7. The Morgan fingerprint density at radius 3 is 2.60 bits per heavy atom. The summed E-state index contributed by atoms with van der Waals surface area (Å²) in [5, 5.41) is 3.39. The lowest BCUT2D eigenvalue weighted by Gasteiger charge is -2.17. The van der Waals surface area contributed by atoms with Gasteiger partial charge in [-0.1, -0.05) is 13.0 Å². The molecule has 0 fully saturated rings. The van der Waals surface area contributed by atoms with E-state index in [1.54, 1.807) is 0 Å². The minimum atomic E-state index is 0.0644. The highest BCUT2D eigenvalue weighted by molar-refractivity contribution is 5.50. The highest BCUT2D eigenvalue weighted by atomic mass is 15.1. The van der Waals surface area contributed by atoms with Crippen molar-refractivity contribution in [3.05, 3.63) is 40.8 Å². The highest BCUT2D eigenvalue weighted by Gasteiger charge is 2.13. The lowest BCUT2D eigenvalue weighted by atomic mass is 10.1. The molecule has 20 heavy (non-hydrogen) atoms. The third kappa shape index (κ3) is 3.04. The number of nitrogen functional groups attached to an aromatic ring is 1. The van der Waals surface area contributed by atoms with E-state index >= 15 is 0 Å². The molecule has 2 heterocycles. The average Bonchev–Trinajstić information content (AvgIpc) is 2.39. The largest absolute Gasteiger partial charge is 0.368 e. The number of anilines is 2. The van der Waals surface area contributed by atoms with Gasteiger partial charge in [-0.3, -0.25) is 4.98 Å². The number of hydrogen-bond acceptors (Lipinski definition) is 5. The summed E-state index contributed by atoms with van der Waals surface area (Å²) in [5.74, 6) is 1.10. The first kappa shape index (κ1) is 14.2. The molecule has 0 spiro atoms. The van der Waals surface area contributed by atoms with E-state index < -0.39 is 0 Å². The molecule has 0 amide bonds. The van der Waals surface area contributed by atoms with Crippen LogP contribution in [-0.4, -0.2) is 15.0 Å². The van der Waals surface area contributed by atoms with Crippen molar-refractivity contribution in [3.63, 3.8) is 0 Å². The van der Waals surface area contributed by atoms with Gasteiger partial charge in [0.1, 0.15) is 5.82 Å². The third-order valence-electron chi connectivity index (χ3n) is 3.32. The second kappa shape index (κ2) is 5.86. The number of rotatable bonds is 4. The van der Waals surface area contributed by atoms with Gasteiger partial charge in [0.15, 0.2) is 0 Å². The monoisotopic (exact) mass is 271 g/mol. The van der Waals surface area contributed by atoms with E-state index in [0.29, 0.717) is 5.95 Å². The summed E-state index contributed by atoms with van der Waals surface area (Å²) in [6, 6.07) is 4.14. The predicted octanol–water partition coefficient (Wildman–Crippen LogP) is 2.81. The number of nitrogens with two attached hydrogens (primary N) is 1. The van der Waals surface area contributed by atoms with Crippen LogP contribution >= 0.6 is 0 Å². The van der Waals surface area contributed by atoms with Crippen LogP contribution < -0.4 is 11.1 Å². The molecule has 2 aromatic rings. The maximum Gasteiger partial charge on any atom is 0.222 e. The van der Waals surface area contributed by atoms with Crippen molar-refractivity contribution in [2.75, 3.05) is 11.1 Å². The number of nitrogens with one attached hydrogen (secondary N) is 1. The Labute approximate surface area is 119 Å². The molecule has 0 radical (unpaired) electrons. The fraction of sp³-hybridized carbons (Fsp3) is 0.400. The highest BCUT2D eigenvalue weighted by Crippen LogP contribution is 2.22. The van der Waals surface area contributed by atoms with E-state index in [4.69, 9.17) is 5.73 Å². The lowest BCUT2D eigenvalue weighted by Crippen LogP contribution is -2.14. The smallest absolute Gasteiger partial charge is 0.222 e. The van der Waals surface area contributed by atoms with Gasteiger partial charge in [-0.2, -0.15) is 4.98 Å². The van der Waals surface area contributed by atoms with Crippen molar-refractivity contribution in [3.8, 4) is 0 Å². The van der Waals surface area contributed by atoms with Crippen LogP contribution in [0.1, 0.15) is 42.4 Å². The van der Waals surface area contributed by atoms with Gasteiger partial charge >= 0.3 is 0 Å². The normalized spacial score (nSPS) is 12.2. The summed E-state index contributed by atoms with van der Waals surface area (Å²) in [7, 11) is 0. The Balaban J connectivity index is 2.27. The Bertz CT molecular complexity index is 592. The van der Waals surface area contributed by atoms with Gasteiger partial charge in [0.05, 0.1) is 11.7 Å². The zero-order valence-electron chi connectivity index (χ0n) is 12.4. The summed E-state index contributed by atoms with van der Waals surface area (Å²) in [6.07, 6.45) is 2.73. The second-order valence-corrected chi connectivity index (χ2v) is 4.97. The van der Waals surface area contributed by atoms with Crippen molar-refractivity contribution in [1.82, 2.24) is 15.0 Å². The van der Waals surface area contributed by atoms with E-state index in [-0.39, 0.29) is 6.04 Å². The Morgan fingerprint density at radius 1 is 1.25 bits per heavy atom. The van der Waals surface area contributed by atoms with E-state index in [2.05, 4.69) is 40.2 Å². The molecule has 0 saturated carbocycles. The molecule has 5 heteroatoms. The number of hydrogen-bond donors (Lipinski definition) is 2. The minimum Gasteiger partial charge on any atom is -0.368 e. The summed E-state index contributed by atoms with van der Waals surface area (Å²) in [6.45, 7) is 8.13. The number of nitrogens with zero attached hydrogens (tertiary/aromatic N) is 3. The maximum absolute atomic E-state index is 5.74. The molecule has 106 valence electrons. The average molecular weight is 271 g/mol. The molecule has 2 aromatic heterocycles. The molecule has 0 aromatic carbocycles. The van der Waals surface area contributed by atoms with Gasteiger partial charge in [-0.05, 0) is 38.8 Å². The van der Waals surface area contributed by atoms with Crippen LogP contribution in [0.5, 0.6) is 0 Å². The van der Waals surface area contributed by atoms with Crippen LogP contribution in [0, 0.1) is 13.8 Å². The van der Waals surface area contributed by atoms with Gasteiger partial charge in [0, 0.05) is 17.5 Å². The standard InChI is InChI=1S/C15H21N5/c1-5-12-10(3)19-15(16)20-14(12)18-11(4)13-7-6-9(2)8-17-13/h6-8,11H,5H2,1-4H3,(H3,16,18,19,20)/t11-/m1/s1. The quantitative estimate of drug-likeness (QED) is 0.894. The first-order chi connectivity index (χ1) is 9.51. The molecule has 0 unspecified atom stereocenters. The van der Waals surface area contributed by atoms with Crippen molar-refractivity contribution in [1.29, 1.82) is 0 Å². The van der Waals surface area contributed by atoms with Crippen molar-refractivity contribution in [2.45, 2.75) is 40.2 Å². The van der Waals surface area contributed by atoms with E-state index in [0.717, 1.165) is 34.8 Å². The summed E-state index contributed by atoms with van der Waals surface area (Å²) >= 11 is 0. The summed E-state index contributed by atoms with van der Waals surface area (Å²) in [4.78, 5) is 13.0. The van der Waals surface area contributed by atoms with Crippen LogP contribution in [0.4, 0.5) is 11.8 Å². The summed E-state index contributed by atoms with van der Waals surface area (Å²) < 4.78 is 0. The zero-order valence-corrected chi connectivity index (χ0v) is 12.4. The number of aryl methyl sites for hydroxylation is 2. The van der Waals surface area contributed by atoms with Crippen LogP contribution in [0.2, 0.25) is 0 Å². The minimum absolute atomic E-state index is 0.0644. The van der Waals surface area contributed by atoms with Gasteiger partial charge in [-0.15, -0.1) is 0 Å². The van der Waals surface area contributed by atoms with Crippen LogP contribution in [0.3, 0.4) is 0 Å². The van der Waals surface area contributed by atoms with Crippen molar-refractivity contribution in [2.24, 2.45) is 0 Å². The molecule has 2 rings (SSSR count). The van der Waals surface area contributed by atoms with Gasteiger partial charge in [0.2, 0.25) is 5.95 Å². The first-order valence-corrected chi connectivity index (χ1v) is 6.83. The fourth-order valence-electron chi connectivity index (χ4n) is 2.17. The van der Waals surface area contributed by atoms with E-state index in [1.807, 2.05) is 26.1 Å². The predicted molar refractivity (Wildman–Crippen MR) is 81.6 cm³/mol. The molecule has 0 saturated heterocycles. The molecule has 0 bridgehead atoms. The van der Waals surface area contributed by atoms with Gasteiger partial charge in [-0.25, -0.2) is 4.98 Å². The van der Waals surface area contributed by atoms with Crippen LogP contribution in [-0.2, 0) is 6.42 Å². The van der Waals surface area contributed by atoms with Gasteiger partial charge in [0.25, 0.3) is 0 Å². The molecular formula is C15H21N5. The number of pyridine rings is 1. The van der Waals surface area contributed by atoms with Gasteiger partial charge < -0.3 is 11.1 Å². The topological polar surface area (TPSA) is 76.7 Å². The van der Waals surface area contributed by atoms with Crippen molar-refractivity contribution >= 4 is 11.8 Å². The van der Waals surface area contributed by atoms with Crippen LogP contribution in [0.15, 0.2) is 18.3 Å². The third-order valence-corrected chi connectivity index (χ3v) is 3.32. The Kier molecular flexibility index (Phi) is 4.17. The molecule has 0 aliphatic carbocycles. The SMILES string of the molecule is CCc1c(C)nc(N)nc1N[C@H](C)c1ccc(C)cn1. The molecule has 0 aliphatic heterocycles. The van der Waals surface area contributed by atoms with Crippen LogP contribution in [0.25, 0.3) is 0 Å². The Hall–Kier alpha value is -2.17. The van der Waals surface area contributed by atoms with Crippen molar-refractivity contribution < 1.29 is 0 Å². The summed E-state index contributed by atoms with van der Waals surface area (Å²) in [5.41, 5.74) is 9.89. The van der Waals surface area contributed by atoms with E-state index in [1.165, 1.54) is 0 Å². The second-order valence-electron chi connectivity index (χ2n) is 4.97. The molecule has 0 aliphatic rings. The fourth-order valence-corrected chi connectivity index (χ4v) is 2.17. The molecule has 5 nitrogen and oxygen atoms in total. The molecule has 1 atom stereocenters. The number of aromatic nitrogens is 3. The Morgan fingerprint density at radius 2 is 2.00 bits per heavy atom. The first-order valence-electron chi connectivity index (χ1n) is 6.83. The van der Waals surface area contributed by atoms with E-state index in [9.17, 15) is 0 Å². The maximum atomic E-state index is 5.74. The molecule has 3 N–H and O–H groups in total. The lowest BCUT2D eigenvalue weighted by molar-refractivity contribution is 0.821.